The minimum Gasteiger partial charge on any atom is -0.145 e. The summed E-state index contributed by atoms with van der Waals surface area (Å²) in [7, 11) is 0. The molecule has 0 unspecified atom stereocenters. The summed E-state index contributed by atoms with van der Waals surface area (Å²) in [6.07, 6.45) is 0. The van der Waals surface area contributed by atoms with Gasteiger partial charge >= 0.3 is 0 Å². The van der Waals surface area contributed by atoms with Gasteiger partial charge in [-0.25, -0.2) is 0 Å². The molecule has 0 fully saturated rings. The monoisotopic (exact) mass is 120 g/mol. The van der Waals surface area contributed by atoms with Crippen LogP contribution in [0.15, 0.2) is 23.4 Å². The van der Waals surface area contributed by atoms with E-state index in [1.54, 1.807) is 18.2 Å². The van der Waals surface area contributed by atoms with Crippen molar-refractivity contribution in [2.24, 2.45) is 5.18 Å². The summed E-state index contributed by atoms with van der Waals surface area (Å²) in [5, 5.41) is 2.73. The number of hydrogen-bond acceptors (Lipinski definition) is 2. The van der Waals surface area contributed by atoms with Gasteiger partial charge in [-0.05, 0) is 35.9 Å². The van der Waals surface area contributed by atoms with E-state index in [1.165, 1.54) is 0 Å². The van der Waals surface area contributed by atoms with E-state index in [0.29, 0.717) is 5.69 Å². The summed E-state index contributed by atoms with van der Waals surface area (Å²) in [5.74, 6) is 0. The number of aryl methyl sites for hydroxylation is 1. The predicted molar refractivity (Wildman–Crippen MR) is 35.5 cm³/mol. The Morgan fingerprint density at radius 1 is 1.56 bits per heavy atom. The first-order chi connectivity index (χ1) is 4.33. The first-order valence-electron chi connectivity index (χ1n) is 2.64. The zero-order valence-corrected chi connectivity index (χ0v) is 5.09. The highest BCUT2D eigenvalue weighted by Crippen LogP contribution is 2.09. The van der Waals surface area contributed by atoms with Crippen molar-refractivity contribution in [3.63, 3.8) is 0 Å². The van der Waals surface area contributed by atoms with Gasteiger partial charge in [0.05, 0.1) is 0 Å². The van der Waals surface area contributed by atoms with Crippen molar-refractivity contribution in [1.29, 1.82) is 0 Å². The molecule has 1 aromatic rings. The SMILES string of the molecule is Cc1[c]cc(N=O)cc1. The quantitative estimate of drug-likeness (QED) is 0.522. The Balaban J connectivity index is 3.01. The molecule has 45 valence electrons. The van der Waals surface area contributed by atoms with E-state index in [2.05, 4.69) is 11.2 Å². The lowest BCUT2D eigenvalue weighted by Crippen LogP contribution is -1.67. The molecule has 2 nitrogen and oxygen atoms in total. The lowest BCUT2D eigenvalue weighted by Gasteiger charge is -1.87. The number of nitroso groups, excluding NO2 is 1. The van der Waals surface area contributed by atoms with Crippen LogP contribution in [0.1, 0.15) is 5.56 Å². The van der Waals surface area contributed by atoms with Gasteiger partial charge in [-0.15, -0.1) is 4.91 Å². The molecule has 0 amide bonds. The van der Waals surface area contributed by atoms with Crippen LogP contribution < -0.4 is 0 Å². The lowest BCUT2D eigenvalue weighted by atomic mass is 10.2. The number of nitrogens with zero attached hydrogens (tertiary/aromatic N) is 1. The maximum atomic E-state index is 9.85. The van der Waals surface area contributed by atoms with Gasteiger partial charge in [0.2, 0.25) is 0 Å². The van der Waals surface area contributed by atoms with E-state index in [-0.39, 0.29) is 0 Å². The van der Waals surface area contributed by atoms with Crippen LogP contribution in [-0.4, -0.2) is 0 Å². The highest BCUT2D eigenvalue weighted by molar-refractivity contribution is 5.37. The smallest absolute Gasteiger partial charge is 0.108 e. The average Bonchev–Trinajstić information content (AvgIpc) is 1.90. The molecular weight excluding hydrogens is 114 g/mol. The van der Waals surface area contributed by atoms with Crippen LogP contribution in [0.25, 0.3) is 0 Å². The second kappa shape index (κ2) is 2.40. The molecule has 0 spiro atoms. The highest BCUT2D eigenvalue weighted by atomic mass is 16.3. The largest absolute Gasteiger partial charge is 0.145 e. The Hall–Kier alpha value is -1.18. The minimum absolute atomic E-state index is 0.431. The molecule has 1 aromatic carbocycles. The van der Waals surface area contributed by atoms with Crippen LogP contribution in [0.4, 0.5) is 5.69 Å². The van der Waals surface area contributed by atoms with Gasteiger partial charge in [-0.3, -0.25) is 0 Å². The molecule has 1 radical (unpaired) electrons. The second-order valence-corrected chi connectivity index (χ2v) is 1.82. The van der Waals surface area contributed by atoms with Gasteiger partial charge in [0, 0.05) is 0 Å². The van der Waals surface area contributed by atoms with Crippen molar-refractivity contribution < 1.29 is 0 Å². The van der Waals surface area contributed by atoms with Crippen molar-refractivity contribution in [1.82, 2.24) is 0 Å². The van der Waals surface area contributed by atoms with E-state index in [4.69, 9.17) is 0 Å². The fourth-order valence-corrected chi connectivity index (χ4v) is 0.551. The van der Waals surface area contributed by atoms with E-state index < -0.39 is 0 Å². The second-order valence-electron chi connectivity index (χ2n) is 1.82. The molecule has 0 aliphatic rings. The molecule has 1 rings (SSSR count). The van der Waals surface area contributed by atoms with Crippen LogP contribution in [-0.2, 0) is 0 Å². The standard InChI is InChI=1S/C7H6NO/c1-6-2-4-7(8-9)5-3-6/h2,4-5H,1H3. The first-order valence-corrected chi connectivity index (χ1v) is 2.64. The number of rotatable bonds is 1. The van der Waals surface area contributed by atoms with Gasteiger partial charge in [-0.1, -0.05) is 6.07 Å². The van der Waals surface area contributed by atoms with Crippen LogP contribution in [0, 0.1) is 17.9 Å². The van der Waals surface area contributed by atoms with Crippen LogP contribution in [0.5, 0.6) is 0 Å². The molecule has 9 heavy (non-hydrogen) atoms. The Morgan fingerprint density at radius 3 is 2.78 bits per heavy atom. The topological polar surface area (TPSA) is 29.4 Å². The van der Waals surface area contributed by atoms with Crippen molar-refractivity contribution in [3.05, 3.63) is 34.7 Å². The molecule has 0 aliphatic carbocycles. The Kier molecular flexibility index (Phi) is 1.58. The van der Waals surface area contributed by atoms with Gasteiger partial charge in [-0.2, -0.15) is 0 Å². The Labute approximate surface area is 53.5 Å². The van der Waals surface area contributed by atoms with Crippen LogP contribution in [0.2, 0.25) is 0 Å². The van der Waals surface area contributed by atoms with Crippen LogP contribution >= 0.6 is 0 Å². The molecular formula is C7H6NO. The van der Waals surface area contributed by atoms with E-state index in [0.717, 1.165) is 5.56 Å². The van der Waals surface area contributed by atoms with Crippen molar-refractivity contribution >= 4 is 5.69 Å². The fourth-order valence-electron chi connectivity index (χ4n) is 0.551. The molecule has 0 bridgehead atoms. The maximum Gasteiger partial charge on any atom is 0.108 e. The number of hydrogen-bond donors (Lipinski definition) is 0. The summed E-state index contributed by atoms with van der Waals surface area (Å²) >= 11 is 0. The molecule has 0 saturated heterocycles. The minimum atomic E-state index is 0.431. The maximum absolute atomic E-state index is 9.85. The summed E-state index contributed by atoms with van der Waals surface area (Å²) in [6, 6.07) is 7.90. The van der Waals surface area contributed by atoms with Gasteiger partial charge in [0.1, 0.15) is 5.69 Å². The molecule has 2 heteroatoms. The normalized spacial score (nSPS) is 9.00. The summed E-state index contributed by atoms with van der Waals surface area (Å²) < 4.78 is 0. The predicted octanol–water partition coefficient (Wildman–Crippen LogP) is 2.19. The van der Waals surface area contributed by atoms with Gasteiger partial charge in [0.15, 0.2) is 0 Å². The first kappa shape index (κ1) is 5.95. The van der Waals surface area contributed by atoms with Gasteiger partial charge < -0.3 is 0 Å². The average molecular weight is 120 g/mol. The summed E-state index contributed by atoms with van der Waals surface area (Å²) in [4.78, 5) is 9.85. The molecule has 0 heterocycles. The third-order valence-electron chi connectivity index (χ3n) is 1.06. The third kappa shape index (κ3) is 1.35. The summed E-state index contributed by atoms with van der Waals surface area (Å²) in [5.41, 5.74) is 1.45. The van der Waals surface area contributed by atoms with Crippen molar-refractivity contribution in [2.75, 3.05) is 0 Å². The molecule has 0 saturated carbocycles. The zero-order chi connectivity index (χ0) is 6.69. The Morgan fingerprint density at radius 2 is 2.33 bits per heavy atom. The van der Waals surface area contributed by atoms with Crippen molar-refractivity contribution in [3.8, 4) is 0 Å². The highest BCUT2D eigenvalue weighted by Gasteiger charge is 1.86. The summed E-state index contributed by atoms with van der Waals surface area (Å²) in [6.45, 7) is 1.91. The third-order valence-corrected chi connectivity index (χ3v) is 1.06. The number of benzene rings is 1. The lowest BCUT2D eigenvalue weighted by molar-refractivity contribution is 1.42. The van der Waals surface area contributed by atoms with E-state index >= 15 is 0 Å². The fraction of sp³-hybridized carbons (Fsp3) is 0.143. The molecule has 0 N–H and O–H groups in total. The molecule has 0 aromatic heterocycles. The Bertz CT molecular complexity index is 203. The van der Waals surface area contributed by atoms with Crippen molar-refractivity contribution in [2.45, 2.75) is 6.92 Å². The molecule has 0 aliphatic heterocycles. The van der Waals surface area contributed by atoms with E-state index in [9.17, 15) is 4.91 Å². The van der Waals surface area contributed by atoms with Crippen LogP contribution in [0.3, 0.4) is 0 Å². The van der Waals surface area contributed by atoms with E-state index in [1.807, 2.05) is 6.92 Å². The zero-order valence-electron chi connectivity index (χ0n) is 5.09. The molecule has 0 atom stereocenters. The van der Waals surface area contributed by atoms with Gasteiger partial charge in [0.25, 0.3) is 0 Å².